The van der Waals surface area contributed by atoms with E-state index in [0.29, 0.717) is 10.6 Å². The van der Waals surface area contributed by atoms with Crippen LogP contribution in [0.4, 0.5) is 9.18 Å². The van der Waals surface area contributed by atoms with Gasteiger partial charge in [-0.15, -0.1) is 0 Å². The highest BCUT2D eigenvalue weighted by Crippen LogP contribution is 2.30. The van der Waals surface area contributed by atoms with Crippen LogP contribution in [0.5, 0.6) is 0 Å². The Balaban J connectivity index is 2.01. The van der Waals surface area contributed by atoms with Crippen LogP contribution >= 0.6 is 0 Å². The van der Waals surface area contributed by atoms with Gasteiger partial charge in [-0.3, -0.25) is 4.79 Å². The molecule has 0 saturated carbocycles. The molecule has 0 spiro atoms. The summed E-state index contributed by atoms with van der Waals surface area (Å²) in [4.78, 5) is 41.0. The van der Waals surface area contributed by atoms with Gasteiger partial charge in [0.1, 0.15) is 15.9 Å². The largest absolute Gasteiger partial charge is 0.477 e. The molecule has 1 saturated heterocycles. The number of hydroxylamine groups is 2. The first-order valence-electron chi connectivity index (χ1n) is 7.78. The first kappa shape index (κ1) is 20.1. The fourth-order valence-electron chi connectivity index (χ4n) is 2.86. The van der Waals surface area contributed by atoms with E-state index >= 15 is 0 Å². The summed E-state index contributed by atoms with van der Waals surface area (Å²) in [5.41, 5.74) is 0.520. The van der Waals surface area contributed by atoms with Crippen molar-refractivity contribution in [3.8, 4) is 0 Å². The first-order chi connectivity index (χ1) is 12.0. The molecule has 10 nitrogen and oxygen atoms in total. The van der Waals surface area contributed by atoms with Crippen LogP contribution < -0.4 is 5.32 Å². The number of carboxylic acids is 1. The van der Waals surface area contributed by atoms with Crippen molar-refractivity contribution < 1.29 is 37.1 Å². The van der Waals surface area contributed by atoms with Crippen LogP contribution in [0.3, 0.4) is 0 Å². The maximum absolute atomic E-state index is 13.3. The number of nitrogens with one attached hydrogen (secondary N) is 1. The molecule has 2 aliphatic rings. The van der Waals surface area contributed by atoms with Crippen molar-refractivity contribution in [3.05, 3.63) is 11.6 Å². The summed E-state index contributed by atoms with van der Waals surface area (Å²) < 4.78 is 35.4. The third kappa shape index (κ3) is 4.49. The molecule has 2 aliphatic heterocycles. The molecule has 26 heavy (non-hydrogen) atoms. The van der Waals surface area contributed by atoms with Crippen LogP contribution in [-0.2, 0) is 24.3 Å². The van der Waals surface area contributed by atoms with Crippen molar-refractivity contribution in [1.82, 2.24) is 15.3 Å². The van der Waals surface area contributed by atoms with Gasteiger partial charge in [-0.2, -0.15) is 5.06 Å². The number of hydrogen-bond donors (Lipinski definition) is 2. The number of halogens is 1. The van der Waals surface area contributed by atoms with Crippen molar-refractivity contribution in [2.45, 2.75) is 31.8 Å². The molecule has 0 aromatic rings. The van der Waals surface area contributed by atoms with E-state index in [1.165, 1.54) is 6.08 Å². The van der Waals surface area contributed by atoms with Crippen LogP contribution in [-0.4, -0.2) is 84.9 Å². The summed E-state index contributed by atoms with van der Waals surface area (Å²) in [5.74, 6) is -2.45. The number of carboxylic acid groups (broad SMARTS) is 1. The average molecular weight is 393 g/mol. The predicted octanol–water partition coefficient (Wildman–Crippen LogP) is -0.716. The van der Waals surface area contributed by atoms with Gasteiger partial charge in [-0.1, -0.05) is 6.08 Å². The fraction of sp³-hybridized carbons (Fsp3) is 0.643. The Morgan fingerprint density at radius 1 is 1.50 bits per heavy atom. The number of sulfone groups is 1. The predicted molar refractivity (Wildman–Crippen MR) is 86.2 cm³/mol. The van der Waals surface area contributed by atoms with Crippen molar-refractivity contribution >= 4 is 27.7 Å². The van der Waals surface area contributed by atoms with Crippen molar-refractivity contribution in [2.75, 3.05) is 25.1 Å². The Bertz CT molecular complexity index is 739. The third-order valence-corrected chi connectivity index (χ3v) is 4.99. The summed E-state index contributed by atoms with van der Waals surface area (Å²) in [5, 5.41) is 11.7. The lowest BCUT2D eigenvalue weighted by molar-refractivity contribution is -0.219. The number of amides is 3. The van der Waals surface area contributed by atoms with Crippen LogP contribution in [0, 0.1) is 0 Å². The van der Waals surface area contributed by atoms with E-state index in [1.807, 2.05) is 0 Å². The van der Waals surface area contributed by atoms with Gasteiger partial charge in [0.2, 0.25) is 5.91 Å². The smallest absolute Gasteiger partial charge is 0.368 e. The van der Waals surface area contributed by atoms with Crippen molar-refractivity contribution in [2.24, 2.45) is 0 Å². The fourth-order valence-corrected chi connectivity index (χ4v) is 3.53. The molecule has 2 bridgehead atoms. The molecule has 3 amide bonds. The molecule has 1 fully saturated rings. The second kappa shape index (κ2) is 7.58. The van der Waals surface area contributed by atoms with E-state index in [2.05, 4.69) is 10.2 Å². The quantitative estimate of drug-likeness (QED) is 0.411. The number of carbonyl (C=O) groups is 3. The number of aliphatic carboxylic acids is 1. The Morgan fingerprint density at radius 3 is 2.73 bits per heavy atom. The summed E-state index contributed by atoms with van der Waals surface area (Å²) in [6.07, 6.45) is 0.164. The molecule has 0 aromatic carbocycles. The molecule has 2 N–H and O–H groups in total. The van der Waals surface area contributed by atoms with Gasteiger partial charge >= 0.3 is 18.4 Å². The second-order valence-electron chi connectivity index (χ2n) is 6.18. The lowest BCUT2D eigenvalue weighted by Crippen LogP contribution is -2.50. The molecule has 0 aromatic heterocycles. The van der Waals surface area contributed by atoms with Crippen molar-refractivity contribution in [1.29, 1.82) is 0 Å². The van der Waals surface area contributed by atoms with E-state index in [9.17, 15) is 27.2 Å². The van der Waals surface area contributed by atoms with Crippen molar-refractivity contribution in [3.63, 3.8) is 0 Å². The minimum atomic E-state index is -3.14. The first-order valence-corrected chi connectivity index (χ1v) is 9.84. The highest BCUT2D eigenvalue weighted by Gasteiger charge is 2.48. The number of hydrogen-bond acceptors (Lipinski definition) is 6. The number of fused-ring (bicyclic) bond motifs is 2. The maximum Gasteiger partial charge on any atom is 0.368 e. The molecule has 2 rings (SSSR count). The van der Waals surface area contributed by atoms with Gasteiger partial charge in [0, 0.05) is 12.8 Å². The standard InChI is InChI=1S/C14H20FN3O7S/c1-8-6-9-7-17(14(22)18(9)25-11(15)13(20)21)10(8)12(19)16-4-3-5-26(2,23)24/h6,9-11H,3-5,7H2,1-2H3,(H,16,19)(H,20,21)/t9-,10+,11-/m1/s1. The zero-order valence-corrected chi connectivity index (χ0v) is 15.0. The summed E-state index contributed by atoms with van der Waals surface area (Å²) in [6.45, 7) is 1.78. The minimum Gasteiger partial charge on any atom is -0.477 e. The summed E-state index contributed by atoms with van der Waals surface area (Å²) in [6, 6.07) is -2.47. The van der Waals surface area contributed by atoms with E-state index in [0.717, 1.165) is 11.2 Å². The van der Waals surface area contributed by atoms with Gasteiger partial charge in [0.15, 0.2) is 0 Å². The number of rotatable bonds is 8. The molecule has 0 radical (unpaired) electrons. The number of nitrogens with zero attached hydrogens (tertiary/aromatic N) is 2. The lowest BCUT2D eigenvalue weighted by atomic mass is 10.00. The van der Waals surface area contributed by atoms with E-state index in [-0.39, 0.29) is 25.3 Å². The highest BCUT2D eigenvalue weighted by molar-refractivity contribution is 7.90. The van der Waals surface area contributed by atoms with Gasteiger partial charge in [-0.25, -0.2) is 27.2 Å². The van der Waals surface area contributed by atoms with Gasteiger partial charge in [0.25, 0.3) is 0 Å². The maximum atomic E-state index is 13.3. The highest BCUT2D eigenvalue weighted by atomic mass is 32.2. The van der Waals surface area contributed by atoms with Gasteiger partial charge in [-0.05, 0) is 18.9 Å². The summed E-state index contributed by atoms with van der Waals surface area (Å²) >= 11 is 0. The Labute approximate surface area is 149 Å². The molecular formula is C14H20FN3O7S. The zero-order valence-electron chi connectivity index (χ0n) is 14.2. The molecular weight excluding hydrogens is 373 g/mol. The van der Waals surface area contributed by atoms with Gasteiger partial charge in [0.05, 0.1) is 18.3 Å². The van der Waals surface area contributed by atoms with Crippen LogP contribution in [0.1, 0.15) is 13.3 Å². The van der Waals surface area contributed by atoms with E-state index in [1.54, 1.807) is 6.92 Å². The Morgan fingerprint density at radius 2 is 2.15 bits per heavy atom. The Hall–Kier alpha value is -2.21. The van der Waals surface area contributed by atoms with Crippen LogP contribution in [0.2, 0.25) is 0 Å². The Kier molecular flexibility index (Phi) is 5.86. The second-order valence-corrected chi connectivity index (χ2v) is 8.44. The molecule has 146 valence electrons. The van der Waals surface area contributed by atoms with Crippen LogP contribution in [0.15, 0.2) is 11.6 Å². The zero-order chi connectivity index (χ0) is 19.6. The third-order valence-electron chi connectivity index (χ3n) is 3.96. The molecule has 2 heterocycles. The number of carbonyl (C=O) groups excluding carboxylic acids is 2. The minimum absolute atomic E-state index is 0.0456. The molecule has 3 atom stereocenters. The molecule has 12 heteroatoms. The molecule has 0 aliphatic carbocycles. The number of urea groups is 1. The topological polar surface area (TPSA) is 133 Å². The lowest BCUT2D eigenvalue weighted by Gasteiger charge is -2.29. The van der Waals surface area contributed by atoms with E-state index < -0.39 is 46.2 Å². The monoisotopic (exact) mass is 393 g/mol. The van der Waals surface area contributed by atoms with E-state index in [4.69, 9.17) is 5.11 Å². The van der Waals surface area contributed by atoms with Gasteiger partial charge < -0.3 is 15.3 Å². The molecule has 0 unspecified atom stereocenters. The number of alkyl halides is 1. The normalized spacial score (nSPS) is 23.7. The summed E-state index contributed by atoms with van der Waals surface area (Å²) in [7, 11) is -3.14. The van der Waals surface area contributed by atoms with Crippen LogP contribution in [0.25, 0.3) is 0 Å². The SMILES string of the molecule is CC1=C[C@@H]2CN(C(=O)N2O[C@@H](F)C(=O)O)[C@@H]1C(=O)NCCCS(C)(=O)=O. The average Bonchev–Trinajstić information content (AvgIpc) is 2.75.